The van der Waals surface area contributed by atoms with Crippen LogP contribution in [0.2, 0.25) is 5.02 Å². The van der Waals surface area contributed by atoms with Crippen LogP contribution in [-0.4, -0.2) is 82.0 Å². The Hall–Kier alpha value is -3.11. The summed E-state index contributed by atoms with van der Waals surface area (Å²) in [6.45, 7) is 4.88. The van der Waals surface area contributed by atoms with Crippen molar-refractivity contribution in [2.24, 2.45) is 5.92 Å². The van der Waals surface area contributed by atoms with Gasteiger partial charge in [0.25, 0.3) is 0 Å². The van der Waals surface area contributed by atoms with Crippen LogP contribution >= 0.6 is 11.6 Å². The molecule has 0 unspecified atom stereocenters. The molecule has 2 saturated heterocycles. The second kappa shape index (κ2) is 9.63. The number of hydrogen-bond donors (Lipinski definition) is 1. The number of likely N-dealkylation sites (N-methyl/N-ethyl adjacent to an activating group) is 1. The molecule has 5 rings (SSSR count). The maximum absolute atomic E-state index is 13.5. The Balaban J connectivity index is 1.29. The topological polar surface area (TPSA) is 90.4 Å². The van der Waals surface area contributed by atoms with Gasteiger partial charge in [0.1, 0.15) is 23.2 Å². The number of nitrogens with one attached hydrogen (secondary N) is 1. The molecule has 2 aliphatic rings. The van der Waals surface area contributed by atoms with Gasteiger partial charge in [0.15, 0.2) is 5.82 Å². The number of carbonyl (C=O) groups excluding carboxylic acids is 1. The lowest BCUT2D eigenvalue weighted by Gasteiger charge is -2.37. The minimum absolute atomic E-state index is 0.0210. The molecule has 3 aromatic rings. The first-order valence-electron chi connectivity index (χ1n) is 11.4. The Kier molecular flexibility index (Phi) is 6.42. The summed E-state index contributed by atoms with van der Waals surface area (Å²) in [6, 6.07) is 4.37. The summed E-state index contributed by atoms with van der Waals surface area (Å²) in [6.07, 6.45) is 4.64. The third-order valence-corrected chi connectivity index (χ3v) is 6.78. The molecule has 2 aliphatic heterocycles. The van der Waals surface area contributed by atoms with Crippen LogP contribution in [0.5, 0.6) is 0 Å². The number of rotatable bonds is 4. The first-order chi connectivity index (χ1) is 16.5. The minimum Gasteiger partial charge on any atom is -0.341 e. The van der Waals surface area contributed by atoms with E-state index in [0.29, 0.717) is 41.6 Å². The van der Waals surface area contributed by atoms with Crippen molar-refractivity contribution in [3.05, 3.63) is 41.6 Å². The molecule has 0 radical (unpaired) electrons. The van der Waals surface area contributed by atoms with Gasteiger partial charge in [-0.15, -0.1) is 0 Å². The number of amides is 1. The maximum atomic E-state index is 13.5. The van der Waals surface area contributed by atoms with E-state index in [1.165, 1.54) is 18.5 Å². The fourth-order valence-electron chi connectivity index (χ4n) is 4.41. The van der Waals surface area contributed by atoms with E-state index in [-0.39, 0.29) is 16.8 Å². The molecule has 0 bridgehead atoms. The summed E-state index contributed by atoms with van der Waals surface area (Å²) >= 11 is 5.91. The molecule has 2 fully saturated rings. The highest BCUT2D eigenvalue weighted by Gasteiger charge is 2.30. The molecule has 2 aromatic heterocycles. The number of fused-ring (bicyclic) bond motifs is 1. The fourth-order valence-corrected chi connectivity index (χ4v) is 4.59. The zero-order valence-electron chi connectivity index (χ0n) is 18.9. The van der Waals surface area contributed by atoms with Crippen molar-refractivity contribution in [1.29, 1.82) is 0 Å². The van der Waals surface area contributed by atoms with E-state index in [0.717, 1.165) is 39.0 Å². The van der Waals surface area contributed by atoms with Gasteiger partial charge in [-0.05, 0) is 38.1 Å². The van der Waals surface area contributed by atoms with E-state index in [4.69, 9.17) is 16.6 Å². The van der Waals surface area contributed by atoms with Gasteiger partial charge in [-0.2, -0.15) is 0 Å². The van der Waals surface area contributed by atoms with Crippen molar-refractivity contribution in [1.82, 2.24) is 29.7 Å². The Morgan fingerprint density at radius 2 is 1.85 bits per heavy atom. The van der Waals surface area contributed by atoms with Gasteiger partial charge in [0.2, 0.25) is 11.9 Å². The Bertz CT molecular complexity index is 1190. The van der Waals surface area contributed by atoms with Crippen LogP contribution in [0.3, 0.4) is 0 Å². The molecule has 178 valence electrons. The Morgan fingerprint density at radius 3 is 2.59 bits per heavy atom. The average Bonchev–Trinajstić information content (AvgIpc) is 2.86. The molecule has 0 atom stereocenters. The van der Waals surface area contributed by atoms with E-state index < -0.39 is 5.82 Å². The summed E-state index contributed by atoms with van der Waals surface area (Å²) in [7, 11) is 2.09. The van der Waals surface area contributed by atoms with Crippen molar-refractivity contribution < 1.29 is 9.18 Å². The highest BCUT2D eigenvalue weighted by Crippen LogP contribution is 2.27. The molecule has 4 heterocycles. The van der Waals surface area contributed by atoms with Crippen LogP contribution < -0.4 is 10.2 Å². The molecule has 9 nitrogen and oxygen atoms in total. The van der Waals surface area contributed by atoms with Crippen LogP contribution in [-0.2, 0) is 4.79 Å². The standard InChI is InChI=1S/C23H26ClFN8O/c1-31-8-10-32(11-9-31)22(34)15-4-6-33(7-5-15)23-26-13-19-20(30-23)21(28-14-27-19)29-16-2-3-18(25)17(24)12-16/h2-3,12-15H,4-11H2,1H3,(H,27,28,29). The number of nitrogens with zero attached hydrogens (tertiary/aromatic N) is 7. The zero-order chi connectivity index (χ0) is 23.7. The van der Waals surface area contributed by atoms with E-state index in [1.807, 2.05) is 4.90 Å². The number of benzene rings is 1. The predicted octanol–water partition coefficient (Wildman–Crippen LogP) is 2.95. The van der Waals surface area contributed by atoms with Crippen molar-refractivity contribution in [2.75, 3.05) is 56.5 Å². The third-order valence-electron chi connectivity index (χ3n) is 6.49. The molecule has 11 heteroatoms. The normalized spacial score (nSPS) is 17.9. The van der Waals surface area contributed by atoms with Crippen molar-refractivity contribution in [3.8, 4) is 0 Å². The number of hydrogen-bond acceptors (Lipinski definition) is 8. The minimum atomic E-state index is -0.487. The number of anilines is 3. The number of aromatic nitrogens is 4. The van der Waals surface area contributed by atoms with Crippen LogP contribution in [0.15, 0.2) is 30.7 Å². The number of piperidine rings is 1. The Morgan fingerprint density at radius 1 is 1.09 bits per heavy atom. The van der Waals surface area contributed by atoms with Crippen LogP contribution in [0.4, 0.5) is 21.8 Å². The lowest BCUT2D eigenvalue weighted by Crippen LogP contribution is -2.50. The van der Waals surface area contributed by atoms with Gasteiger partial charge in [0, 0.05) is 50.9 Å². The number of halogens is 2. The second-order valence-corrected chi connectivity index (χ2v) is 9.18. The number of piperazine rings is 1. The third kappa shape index (κ3) is 4.74. The van der Waals surface area contributed by atoms with E-state index in [9.17, 15) is 9.18 Å². The highest BCUT2D eigenvalue weighted by atomic mass is 35.5. The van der Waals surface area contributed by atoms with Crippen LogP contribution in [0, 0.1) is 11.7 Å². The van der Waals surface area contributed by atoms with Crippen molar-refractivity contribution in [3.63, 3.8) is 0 Å². The molecule has 1 N–H and O–H groups in total. The van der Waals surface area contributed by atoms with Gasteiger partial charge >= 0.3 is 0 Å². The zero-order valence-corrected chi connectivity index (χ0v) is 19.7. The SMILES string of the molecule is CN1CCN(C(=O)C2CCN(c3ncc4ncnc(Nc5ccc(F)c(Cl)c5)c4n3)CC2)CC1. The van der Waals surface area contributed by atoms with E-state index in [1.54, 1.807) is 12.3 Å². The smallest absolute Gasteiger partial charge is 0.226 e. The summed E-state index contributed by atoms with van der Waals surface area (Å²) in [5.41, 5.74) is 1.74. The number of carbonyl (C=O) groups is 1. The van der Waals surface area contributed by atoms with Crippen LogP contribution in [0.25, 0.3) is 11.0 Å². The van der Waals surface area contributed by atoms with E-state index >= 15 is 0 Å². The molecule has 34 heavy (non-hydrogen) atoms. The van der Waals surface area contributed by atoms with Gasteiger partial charge in [-0.1, -0.05) is 11.6 Å². The molecule has 0 saturated carbocycles. The molecular formula is C23H26ClFN8O. The maximum Gasteiger partial charge on any atom is 0.226 e. The van der Waals surface area contributed by atoms with Crippen molar-refractivity contribution in [2.45, 2.75) is 12.8 Å². The Labute approximate surface area is 202 Å². The lowest BCUT2D eigenvalue weighted by atomic mass is 9.95. The quantitative estimate of drug-likeness (QED) is 0.604. The fraction of sp³-hybridized carbons (Fsp3) is 0.435. The summed E-state index contributed by atoms with van der Waals surface area (Å²) < 4.78 is 13.5. The highest BCUT2D eigenvalue weighted by molar-refractivity contribution is 6.31. The monoisotopic (exact) mass is 484 g/mol. The van der Waals surface area contributed by atoms with Gasteiger partial charge in [-0.3, -0.25) is 4.79 Å². The van der Waals surface area contributed by atoms with Gasteiger partial charge < -0.3 is 20.0 Å². The molecular weight excluding hydrogens is 459 g/mol. The first kappa shape index (κ1) is 22.7. The molecule has 1 amide bonds. The lowest BCUT2D eigenvalue weighted by molar-refractivity contribution is -0.137. The summed E-state index contributed by atoms with van der Waals surface area (Å²) in [4.78, 5) is 37.1. The van der Waals surface area contributed by atoms with Crippen molar-refractivity contribution >= 4 is 46.0 Å². The first-order valence-corrected chi connectivity index (χ1v) is 11.8. The second-order valence-electron chi connectivity index (χ2n) is 8.77. The van der Waals surface area contributed by atoms with Crippen LogP contribution in [0.1, 0.15) is 12.8 Å². The average molecular weight is 485 g/mol. The van der Waals surface area contributed by atoms with Gasteiger partial charge in [-0.25, -0.2) is 24.3 Å². The largest absolute Gasteiger partial charge is 0.341 e. The molecule has 1 aromatic carbocycles. The summed E-state index contributed by atoms with van der Waals surface area (Å²) in [5.74, 6) is 0.886. The summed E-state index contributed by atoms with van der Waals surface area (Å²) in [5, 5.41) is 3.16. The van der Waals surface area contributed by atoms with Gasteiger partial charge in [0.05, 0.1) is 11.2 Å². The predicted molar refractivity (Wildman–Crippen MR) is 129 cm³/mol. The molecule has 0 aliphatic carbocycles. The van der Waals surface area contributed by atoms with E-state index in [2.05, 4.69) is 37.1 Å². The molecule has 0 spiro atoms.